The summed E-state index contributed by atoms with van der Waals surface area (Å²) in [7, 11) is 0. The van der Waals surface area contributed by atoms with Gasteiger partial charge in [-0.2, -0.15) is 0 Å². The summed E-state index contributed by atoms with van der Waals surface area (Å²) in [6.45, 7) is 3.37. The van der Waals surface area contributed by atoms with Gasteiger partial charge >= 0.3 is 0 Å². The van der Waals surface area contributed by atoms with Crippen LogP contribution in [0.2, 0.25) is 0 Å². The third kappa shape index (κ3) is 3.51. The SMILES string of the molecule is O=C1CCC(C(=O)N(CC2CC2)CC2CCCN2)CN1. The monoisotopic (exact) mass is 279 g/mol. The summed E-state index contributed by atoms with van der Waals surface area (Å²) >= 11 is 0. The molecule has 2 N–H and O–H groups in total. The van der Waals surface area contributed by atoms with Gasteiger partial charge in [0.1, 0.15) is 0 Å². The molecule has 0 aromatic rings. The third-order valence-electron chi connectivity index (χ3n) is 4.71. The number of hydrogen-bond donors (Lipinski definition) is 2. The quantitative estimate of drug-likeness (QED) is 0.770. The Hall–Kier alpha value is -1.10. The van der Waals surface area contributed by atoms with Crippen molar-refractivity contribution >= 4 is 11.8 Å². The van der Waals surface area contributed by atoms with Crippen molar-refractivity contribution < 1.29 is 9.59 Å². The van der Waals surface area contributed by atoms with Crippen molar-refractivity contribution in [2.75, 3.05) is 26.2 Å². The van der Waals surface area contributed by atoms with Crippen LogP contribution in [0.3, 0.4) is 0 Å². The molecule has 1 saturated carbocycles. The van der Waals surface area contributed by atoms with Gasteiger partial charge in [0, 0.05) is 32.1 Å². The number of carbonyl (C=O) groups excluding carboxylic acids is 2. The summed E-state index contributed by atoms with van der Waals surface area (Å²) < 4.78 is 0. The molecule has 0 aromatic heterocycles. The molecule has 2 unspecified atom stereocenters. The van der Waals surface area contributed by atoms with Gasteiger partial charge in [-0.15, -0.1) is 0 Å². The van der Waals surface area contributed by atoms with Gasteiger partial charge in [0.25, 0.3) is 0 Å². The second-order valence-electron chi connectivity index (χ2n) is 6.52. The Kier molecular flexibility index (Phi) is 4.24. The van der Waals surface area contributed by atoms with Gasteiger partial charge in [0.05, 0.1) is 5.92 Å². The van der Waals surface area contributed by atoms with Crippen LogP contribution in [0.15, 0.2) is 0 Å². The van der Waals surface area contributed by atoms with Gasteiger partial charge in [0.15, 0.2) is 0 Å². The zero-order valence-corrected chi connectivity index (χ0v) is 12.1. The lowest BCUT2D eigenvalue weighted by atomic mass is 9.97. The van der Waals surface area contributed by atoms with Gasteiger partial charge < -0.3 is 15.5 Å². The molecular weight excluding hydrogens is 254 g/mol. The van der Waals surface area contributed by atoms with E-state index in [0.717, 1.165) is 25.6 Å². The van der Waals surface area contributed by atoms with Crippen molar-refractivity contribution in [1.82, 2.24) is 15.5 Å². The zero-order valence-electron chi connectivity index (χ0n) is 12.1. The van der Waals surface area contributed by atoms with E-state index in [-0.39, 0.29) is 17.7 Å². The van der Waals surface area contributed by atoms with Crippen molar-refractivity contribution in [2.24, 2.45) is 11.8 Å². The highest BCUT2D eigenvalue weighted by Gasteiger charge is 2.33. The minimum atomic E-state index is -0.00662. The van der Waals surface area contributed by atoms with E-state index < -0.39 is 0 Å². The maximum Gasteiger partial charge on any atom is 0.227 e. The molecule has 3 aliphatic rings. The molecule has 0 bridgehead atoms. The summed E-state index contributed by atoms with van der Waals surface area (Å²) in [5, 5.41) is 6.31. The van der Waals surface area contributed by atoms with E-state index in [1.807, 2.05) is 0 Å². The minimum Gasteiger partial charge on any atom is -0.355 e. The molecule has 0 aromatic carbocycles. The van der Waals surface area contributed by atoms with Crippen molar-refractivity contribution in [3.8, 4) is 0 Å². The first kappa shape index (κ1) is 13.9. The normalized spacial score (nSPS) is 30.1. The summed E-state index contributed by atoms with van der Waals surface area (Å²) in [4.78, 5) is 26.0. The molecule has 2 amide bonds. The van der Waals surface area contributed by atoms with Crippen LogP contribution in [-0.4, -0.2) is 48.9 Å². The molecule has 0 spiro atoms. The Labute approximate surface area is 120 Å². The zero-order chi connectivity index (χ0) is 13.9. The molecule has 2 saturated heterocycles. The standard InChI is InChI=1S/C15H25N3O2/c19-14-6-5-12(8-17-14)15(20)18(9-11-3-4-11)10-13-2-1-7-16-13/h11-13,16H,1-10H2,(H,17,19). The number of nitrogens with zero attached hydrogens (tertiary/aromatic N) is 1. The fourth-order valence-electron chi connectivity index (χ4n) is 3.25. The molecule has 0 radical (unpaired) electrons. The van der Waals surface area contributed by atoms with E-state index in [1.54, 1.807) is 0 Å². The van der Waals surface area contributed by atoms with E-state index in [0.29, 0.717) is 25.4 Å². The van der Waals surface area contributed by atoms with E-state index in [4.69, 9.17) is 0 Å². The number of carbonyl (C=O) groups is 2. The Balaban J connectivity index is 1.57. The fraction of sp³-hybridized carbons (Fsp3) is 0.867. The molecule has 5 nitrogen and oxygen atoms in total. The van der Waals surface area contributed by atoms with E-state index >= 15 is 0 Å². The van der Waals surface area contributed by atoms with Crippen LogP contribution in [0, 0.1) is 11.8 Å². The van der Waals surface area contributed by atoms with Crippen LogP contribution in [0.1, 0.15) is 38.5 Å². The molecule has 2 heterocycles. The van der Waals surface area contributed by atoms with E-state index in [1.165, 1.54) is 25.7 Å². The Bertz CT molecular complexity index is 365. The molecule has 2 atom stereocenters. The molecule has 2 aliphatic heterocycles. The Morgan fingerprint density at radius 1 is 1.20 bits per heavy atom. The topological polar surface area (TPSA) is 61.4 Å². The minimum absolute atomic E-state index is 0.00662. The third-order valence-corrected chi connectivity index (χ3v) is 4.71. The maximum absolute atomic E-state index is 12.7. The first-order chi connectivity index (χ1) is 9.72. The molecule has 3 rings (SSSR count). The molecule has 20 heavy (non-hydrogen) atoms. The van der Waals surface area contributed by atoms with Gasteiger partial charge in [-0.1, -0.05) is 0 Å². The predicted molar refractivity (Wildman–Crippen MR) is 76.1 cm³/mol. The highest BCUT2D eigenvalue weighted by Crippen LogP contribution is 2.30. The highest BCUT2D eigenvalue weighted by molar-refractivity contribution is 5.83. The summed E-state index contributed by atoms with van der Waals surface area (Å²) in [5.74, 6) is 1.05. The second kappa shape index (κ2) is 6.12. The van der Waals surface area contributed by atoms with Crippen LogP contribution in [0.25, 0.3) is 0 Å². The predicted octanol–water partition coefficient (Wildman–Crippen LogP) is 0.503. The molecular formula is C15H25N3O2. The van der Waals surface area contributed by atoms with Crippen LogP contribution in [-0.2, 0) is 9.59 Å². The summed E-state index contributed by atoms with van der Waals surface area (Å²) in [5.41, 5.74) is 0. The van der Waals surface area contributed by atoms with Crippen molar-refractivity contribution in [3.63, 3.8) is 0 Å². The average molecular weight is 279 g/mol. The number of amides is 2. The lowest BCUT2D eigenvalue weighted by molar-refractivity contribution is -0.138. The summed E-state index contributed by atoms with van der Waals surface area (Å²) in [6, 6.07) is 0.468. The van der Waals surface area contributed by atoms with Gasteiger partial charge in [-0.25, -0.2) is 0 Å². The number of hydrogen-bond acceptors (Lipinski definition) is 3. The molecule has 5 heteroatoms. The maximum atomic E-state index is 12.7. The van der Waals surface area contributed by atoms with Gasteiger partial charge in [0.2, 0.25) is 11.8 Å². The number of piperidine rings is 1. The first-order valence-corrected chi connectivity index (χ1v) is 8.01. The number of rotatable bonds is 5. The van der Waals surface area contributed by atoms with Crippen LogP contribution < -0.4 is 10.6 Å². The fourth-order valence-corrected chi connectivity index (χ4v) is 3.25. The second-order valence-corrected chi connectivity index (χ2v) is 6.52. The van der Waals surface area contributed by atoms with Crippen molar-refractivity contribution in [2.45, 2.75) is 44.6 Å². The largest absolute Gasteiger partial charge is 0.355 e. The average Bonchev–Trinajstić information content (AvgIpc) is 3.12. The van der Waals surface area contributed by atoms with Gasteiger partial charge in [-0.3, -0.25) is 9.59 Å². The van der Waals surface area contributed by atoms with E-state index in [9.17, 15) is 9.59 Å². The Morgan fingerprint density at radius 2 is 2.05 bits per heavy atom. The van der Waals surface area contributed by atoms with Crippen LogP contribution >= 0.6 is 0 Å². The Morgan fingerprint density at radius 3 is 2.65 bits per heavy atom. The van der Waals surface area contributed by atoms with Gasteiger partial charge in [-0.05, 0) is 44.6 Å². The molecule has 1 aliphatic carbocycles. The smallest absolute Gasteiger partial charge is 0.227 e. The first-order valence-electron chi connectivity index (χ1n) is 8.01. The molecule has 112 valence electrons. The lowest BCUT2D eigenvalue weighted by Gasteiger charge is -2.31. The highest BCUT2D eigenvalue weighted by atomic mass is 16.2. The summed E-state index contributed by atoms with van der Waals surface area (Å²) in [6.07, 6.45) is 6.14. The molecule has 3 fully saturated rings. The van der Waals surface area contributed by atoms with E-state index in [2.05, 4.69) is 15.5 Å². The van der Waals surface area contributed by atoms with Crippen molar-refractivity contribution in [3.05, 3.63) is 0 Å². The lowest BCUT2D eigenvalue weighted by Crippen LogP contribution is -2.48. The van der Waals surface area contributed by atoms with Crippen molar-refractivity contribution in [1.29, 1.82) is 0 Å². The number of nitrogens with one attached hydrogen (secondary N) is 2. The van der Waals surface area contributed by atoms with Crippen LogP contribution in [0.5, 0.6) is 0 Å². The van der Waals surface area contributed by atoms with Crippen LogP contribution in [0.4, 0.5) is 0 Å².